The van der Waals surface area contributed by atoms with Crippen molar-refractivity contribution in [2.75, 3.05) is 33.3 Å². The van der Waals surface area contributed by atoms with E-state index in [1.807, 2.05) is 6.07 Å². The maximum Gasteiger partial charge on any atom is 0.225 e. The number of benzene rings is 1. The van der Waals surface area contributed by atoms with Crippen LogP contribution >= 0.6 is 0 Å². The first-order valence-corrected chi connectivity index (χ1v) is 10.9. The quantitative estimate of drug-likeness (QED) is 0.788. The maximum atomic E-state index is 13.3. The van der Waals surface area contributed by atoms with Gasteiger partial charge in [-0.15, -0.1) is 0 Å². The van der Waals surface area contributed by atoms with Gasteiger partial charge in [-0.25, -0.2) is 0 Å². The van der Waals surface area contributed by atoms with Crippen LogP contribution < -0.4 is 4.74 Å². The van der Waals surface area contributed by atoms with Crippen molar-refractivity contribution in [2.24, 2.45) is 11.8 Å². The van der Waals surface area contributed by atoms with Gasteiger partial charge in [-0.05, 0) is 49.9 Å². The van der Waals surface area contributed by atoms with Crippen LogP contribution in [0.1, 0.15) is 56.9 Å². The van der Waals surface area contributed by atoms with Gasteiger partial charge in [0.1, 0.15) is 5.75 Å². The number of methoxy groups -OCH3 is 1. The highest BCUT2D eigenvalue weighted by atomic mass is 16.5. The Kier molecular flexibility index (Phi) is 5.72. The number of hydrogen-bond donors (Lipinski definition) is 0. The van der Waals surface area contributed by atoms with E-state index in [1.165, 1.54) is 31.4 Å². The Morgan fingerprint density at radius 2 is 2.00 bits per heavy atom. The number of piperidine rings is 1. The van der Waals surface area contributed by atoms with Gasteiger partial charge in [-0.1, -0.05) is 31.9 Å². The third kappa shape index (κ3) is 3.73. The van der Waals surface area contributed by atoms with E-state index >= 15 is 0 Å². The minimum absolute atomic E-state index is 0.281. The molecule has 2 heterocycles. The molecule has 0 radical (unpaired) electrons. The van der Waals surface area contributed by atoms with E-state index in [9.17, 15) is 4.79 Å². The first-order valence-electron chi connectivity index (χ1n) is 10.9. The van der Waals surface area contributed by atoms with E-state index < -0.39 is 0 Å². The Morgan fingerprint density at radius 1 is 1.19 bits per heavy atom. The van der Waals surface area contributed by atoms with E-state index in [2.05, 4.69) is 34.9 Å². The number of likely N-dealkylation sites (tertiary alicyclic amines) is 2. The molecule has 148 valence electrons. The monoisotopic (exact) mass is 370 g/mol. The number of rotatable bonds is 5. The molecule has 0 spiro atoms. The van der Waals surface area contributed by atoms with Gasteiger partial charge >= 0.3 is 0 Å². The zero-order valence-corrected chi connectivity index (χ0v) is 16.9. The van der Waals surface area contributed by atoms with Gasteiger partial charge in [-0.2, -0.15) is 0 Å². The highest BCUT2D eigenvalue weighted by molar-refractivity contribution is 5.80. The summed E-state index contributed by atoms with van der Waals surface area (Å²) in [7, 11) is 1.73. The summed E-state index contributed by atoms with van der Waals surface area (Å²) in [6.07, 6.45) is 6.97. The molecular formula is C23H34N2O2. The zero-order valence-electron chi connectivity index (χ0n) is 16.9. The number of fused-ring (bicyclic) bond motifs is 1. The van der Waals surface area contributed by atoms with Gasteiger partial charge in [0.2, 0.25) is 5.91 Å². The number of carbonyl (C=O) groups is 1. The molecule has 0 unspecified atom stereocenters. The first-order chi connectivity index (χ1) is 13.2. The second-order valence-corrected chi connectivity index (χ2v) is 8.68. The smallest absolute Gasteiger partial charge is 0.225 e. The molecule has 1 saturated carbocycles. The summed E-state index contributed by atoms with van der Waals surface area (Å²) >= 11 is 0. The van der Waals surface area contributed by atoms with Crippen molar-refractivity contribution in [1.29, 1.82) is 0 Å². The van der Waals surface area contributed by atoms with Crippen LogP contribution in [0.5, 0.6) is 5.75 Å². The first kappa shape index (κ1) is 18.8. The fourth-order valence-corrected chi connectivity index (χ4v) is 5.71. The summed E-state index contributed by atoms with van der Waals surface area (Å²) in [5, 5.41) is 0. The van der Waals surface area contributed by atoms with Crippen LogP contribution in [0.25, 0.3) is 0 Å². The molecule has 3 atom stereocenters. The second kappa shape index (κ2) is 8.22. The predicted molar refractivity (Wildman–Crippen MR) is 108 cm³/mol. The van der Waals surface area contributed by atoms with Crippen LogP contribution in [-0.4, -0.2) is 55.0 Å². The van der Waals surface area contributed by atoms with Crippen molar-refractivity contribution in [1.82, 2.24) is 9.80 Å². The molecule has 2 aliphatic heterocycles. The molecule has 1 aromatic rings. The molecule has 4 heteroatoms. The largest absolute Gasteiger partial charge is 0.497 e. The van der Waals surface area contributed by atoms with Gasteiger partial charge in [0.05, 0.1) is 7.11 Å². The fourth-order valence-electron chi connectivity index (χ4n) is 5.71. The molecule has 2 saturated heterocycles. The average Bonchev–Trinajstić information content (AvgIpc) is 3.36. The summed E-state index contributed by atoms with van der Waals surface area (Å²) in [4.78, 5) is 18.2. The van der Waals surface area contributed by atoms with Crippen LogP contribution in [0.4, 0.5) is 0 Å². The lowest BCUT2D eigenvalue weighted by molar-refractivity contribution is -0.137. The molecule has 0 bridgehead atoms. The van der Waals surface area contributed by atoms with E-state index in [0.29, 0.717) is 23.8 Å². The van der Waals surface area contributed by atoms with Gasteiger partial charge in [0.15, 0.2) is 0 Å². The standard InChI is InChI=1S/C23H34N2O2/c1-3-12-24-13-11-22-21(15-24)20(18-9-6-10-19(14-18)27-2)16-25(22)23(26)17-7-4-5-8-17/h6,9-10,14,17,20-22H,3-5,7-8,11-13,15-16H2,1-2H3/t20-,21-,22-/m1/s1. The topological polar surface area (TPSA) is 32.8 Å². The van der Waals surface area contributed by atoms with Crippen molar-refractivity contribution in [3.05, 3.63) is 29.8 Å². The molecule has 1 amide bonds. The van der Waals surface area contributed by atoms with E-state index in [0.717, 1.165) is 44.6 Å². The van der Waals surface area contributed by atoms with Gasteiger partial charge in [-0.3, -0.25) is 4.79 Å². The van der Waals surface area contributed by atoms with E-state index in [1.54, 1.807) is 7.11 Å². The lowest BCUT2D eigenvalue weighted by Crippen LogP contribution is -2.49. The molecule has 0 N–H and O–H groups in total. The van der Waals surface area contributed by atoms with Crippen LogP contribution in [0.15, 0.2) is 24.3 Å². The third-order valence-corrected chi connectivity index (χ3v) is 7.06. The fraction of sp³-hybridized carbons (Fsp3) is 0.696. The van der Waals surface area contributed by atoms with E-state index in [-0.39, 0.29) is 5.92 Å². The Labute approximate surface area is 163 Å². The number of carbonyl (C=O) groups excluding carboxylic acids is 1. The molecule has 1 aromatic carbocycles. The highest BCUT2D eigenvalue weighted by Crippen LogP contribution is 2.43. The summed E-state index contributed by atoms with van der Waals surface area (Å²) < 4.78 is 5.47. The number of amides is 1. The lowest BCUT2D eigenvalue weighted by atomic mass is 9.81. The summed E-state index contributed by atoms with van der Waals surface area (Å²) in [5.41, 5.74) is 1.34. The van der Waals surface area contributed by atoms with Crippen molar-refractivity contribution in [3.8, 4) is 5.75 Å². The maximum absolute atomic E-state index is 13.3. The molecule has 1 aliphatic carbocycles. The summed E-state index contributed by atoms with van der Waals surface area (Å²) in [6, 6.07) is 8.94. The van der Waals surface area contributed by atoms with E-state index in [4.69, 9.17) is 4.74 Å². The molecule has 27 heavy (non-hydrogen) atoms. The lowest BCUT2D eigenvalue weighted by Gasteiger charge is -2.39. The highest BCUT2D eigenvalue weighted by Gasteiger charge is 2.48. The van der Waals surface area contributed by atoms with Crippen LogP contribution in [-0.2, 0) is 4.79 Å². The Balaban J connectivity index is 1.59. The molecule has 3 fully saturated rings. The number of ether oxygens (including phenoxy) is 1. The minimum atomic E-state index is 0.281. The molecule has 0 aromatic heterocycles. The van der Waals surface area contributed by atoms with Crippen molar-refractivity contribution in [2.45, 2.75) is 57.4 Å². The van der Waals surface area contributed by atoms with Crippen molar-refractivity contribution >= 4 is 5.91 Å². The van der Waals surface area contributed by atoms with Crippen molar-refractivity contribution < 1.29 is 9.53 Å². The minimum Gasteiger partial charge on any atom is -0.497 e. The van der Waals surface area contributed by atoms with Gasteiger partial charge in [0, 0.05) is 43.4 Å². The normalized spacial score (nSPS) is 29.1. The molecule has 4 nitrogen and oxygen atoms in total. The Bertz CT molecular complexity index is 656. The van der Waals surface area contributed by atoms with Gasteiger partial charge in [0.25, 0.3) is 0 Å². The number of nitrogens with zero attached hydrogens (tertiary/aromatic N) is 2. The van der Waals surface area contributed by atoms with Gasteiger partial charge < -0.3 is 14.5 Å². The molecule has 3 aliphatic rings. The van der Waals surface area contributed by atoms with Crippen LogP contribution in [0, 0.1) is 11.8 Å². The van der Waals surface area contributed by atoms with Crippen molar-refractivity contribution in [3.63, 3.8) is 0 Å². The SMILES string of the molecule is CCCN1CC[C@@H]2[C@H](C1)[C@@H](c1cccc(OC)c1)CN2C(=O)C1CCCC1. The summed E-state index contributed by atoms with van der Waals surface area (Å²) in [5.74, 6) is 2.61. The third-order valence-electron chi connectivity index (χ3n) is 7.06. The zero-order chi connectivity index (χ0) is 18.8. The Hall–Kier alpha value is -1.55. The average molecular weight is 371 g/mol. The van der Waals surface area contributed by atoms with Crippen LogP contribution in [0.2, 0.25) is 0 Å². The molecule has 4 rings (SSSR count). The number of hydrogen-bond acceptors (Lipinski definition) is 3. The predicted octanol–water partition coefficient (Wildman–Crippen LogP) is 3.91. The molecular weight excluding hydrogens is 336 g/mol. The Morgan fingerprint density at radius 3 is 2.74 bits per heavy atom. The summed E-state index contributed by atoms with van der Waals surface area (Å²) in [6.45, 7) is 6.57. The van der Waals surface area contributed by atoms with Crippen LogP contribution in [0.3, 0.4) is 0 Å². The second-order valence-electron chi connectivity index (χ2n) is 8.68.